The van der Waals surface area contributed by atoms with Crippen molar-refractivity contribution >= 4 is 21.9 Å². The van der Waals surface area contributed by atoms with E-state index in [1.165, 1.54) is 36.3 Å². The standard InChI is InChI=1S/C17H20N2O6S/c1-3-7-18-26(23,24)15-6-4-5-12(8-15)17(22)19-11-14(25-2)9-13(19)10-16(20)21/h1,4-6,8,13-14,18H,7,9-11H2,2H3,(H,20,21). The van der Waals surface area contributed by atoms with Gasteiger partial charge in [0.1, 0.15) is 0 Å². The van der Waals surface area contributed by atoms with Crippen LogP contribution in [-0.4, -0.2) is 62.6 Å². The van der Waals surface area contributed by atoms with Gasteiger partial charge >= 0.3 is 5.97 Å². The van der Waals surface area contributed by atoms with Gasteiger partial charge in [0, 0.05) is 25.3 Å². The smallest absolute Gasteiger partial charge is 0.305 e. The quantitative estimate of drug-likeness (QED) is 0.658. The van der Waals surface area contributed by atoms with Crippen LogP contribution in [0.25, 0.3) is 0 Å². The second-order valence-corrected chi connectivity index (χ2v) is 7.63. The van der Waals surface area contributed by atoms with Gasteiger partial charge in [-0.1, -0.05) is 12.0 Å². The van der Waals surface area contributed by atoms with Crippen LogP contribution < -0.4 is 4.72 Å². The zero-order valence-electron chi connectivity index (χ0n) is 14.2. The van der Waals surface area contributed by atoms with E-state index in [1.54, 1.807) is 0 Å². The summed E-state index contributed by atoms with van der Waals surface area (Å²) in [7, 11) is -2.33. The maximum atomic E-state index is 12.8. The largest absolute Gasteiger partial charge is 0.481 e. The molecule has 2 N–H and O–H groups in total. The number of rotatable bonds is 7. The Balaban J connectivity index is 2.27. The Morgan fingerprint density at radius 2 is 2.19 bits per heavy atom. The molecular weight excluding hydrogens is 360 g/mol. The maximum Gasteiger partial charge on any atom is 0.305 e. The lowest BCUT2D eigenvalue weighted by molar-refractivity contribution is -0.138. The summed E-state index contributed by atoms with van der Waals surface area (Å²) < 4.78 is 31.8. The van der Waals surface area contributed by atoms with E-state index >= 15 is 0 Å². The average Bonchev–Trinajstić information content (AvgIpc) is 3.01. The van der Waals surface area contributed by atoms with E-state index in [0.717, 1.165) is 0 Å². The van der Waals surface area contributed by atoms with E-state index in [4.69, 9.17) is 16.3 Å². The molecule has 1 aliphatic rings. The van der Waals surface area contributed by atoms with Crippen molar-refractivity contribution in [1.29, 1.82) is 0 Å². The van der Waals surface area contributed by atoms with Crippen molar-refractivity contribution in [3.63, 3.8) is 0 Å². The van der Waals surface area contributed by atoms with Gasteiger partial charge in [0.05, 0.1) is 24.0 Å². The molecule has 0 aromatic heterocycles. The third kappa shape index (κ3) is 4.60. The van der Waals surface area contributed by atoms with E-state index in [-0.39, 0.29) is 36.1 Å². The number of ether oxygens (including phenoxy) is 1. The van der Waals surface area contributed by atoms with Gasteiger partial charge in [-0.05, 0) is 24.6 Å². The van der Waals surface area contributed by atoms with Crippen molar-refractivity contribution in [2.24, 2.45) is 0 Å². The van der Waals surface area contributed by atoms with Gasteiger partial charge < -0.3 is 14.7 Å². The van der Waals surface area contributed by atoms with Gasteiger partial charge in [0.25, 0.3) is 5.91 Å². The predicted octanol–water partition coefficient (Wildman–Crippen LogP) is 0.302. The highest BCUT2D eigenvalue weighted by Crippen LogP contribution is 2.25. The molecule has 0 bridgehead atoms. The maximum absolute atomic E-state index is 12.8. The van der Waals surface area contributed by atoms with Crippen LogP contribution in [-0.2, 0) is 19.6 Å². The number of benzene rings is 1. The predicted molar refractivity (Wildman–Crippen MR) is 93.0 cm³/mol. The molecule has 140 valence electrons. The number of carboxylic acid groups (broad SMARTS) is 1. The Morgan fingerprint density at radius 3 is 2.81 bits per heavy atom. The fraction of sp³-hybridized carbons (Fsp3) is 0.412. The van der Waals surface area contributed by atoms with Crippen molar-refractivity contribution in [2.45, 2.75) is 29.9 Å². The fourth-order valence-corrected chi connectivity index (χ4v) is 3.85. The molecule has 0 radical (unpaired) electrons. The van der Waals surface area contributed by atoms with Crippen LogP contribution in [0.5, 0.6) is 0 Å². The summed E-state index contributed by atoms with van der Waals surface area (Å²) in [6.45, 7) is 0.0858. The summed E-state index contributed by atoms with van der Waals surface area (Å²) >= 11 is 0. The molecule has 1 fully saturated rings. The third-order valence-corrected chi connectivity index (χ3v) is 5.53. The van der Waals surface area contributed by atoms with Crippen LogP contribution in [0, 0.1) is 12.3 Å². The number of nitrogens with zero attached hydrogens (tertiary/aromatic N) is 1. The molecule has 26 heavy (non-hydrogen) atoms. The molecule has 1 heterocycles. The molecule has 1 aromatic carbocycles. The van der Waals surface area contributed by atoms with Gasteiger partial charge in [-0.25, -0.2) is 8.42 Å². The minimum atomic E-state index is -3.83. The van der Waals surface area contributed by atoms with Crippen molar-refractivity contribution in [1.82, 2.24) is 9.62 Å². The summed E-state index contributed by atoms with van der Waals surface area (Å²) in [5, 5.41) is 9.05. The molecular formula is C17H20N2O6S. The summed E-state index contributed by atoms with van der Waals surface area (Å²) in [5.74, 6) is 0.722. The Bertz CT molecular complexity index is 830. The first-order valence-electron chi connectivity index (χ1n) is 7.87. The number of hydrogen-bond acceptors (Lipinski definition) is 5. The van der Waals surface area contributed by atoms with Crippen molar-refractivity contribution < 1.29 is 27.9 Å². The number of hydrogen-bond donors (Lipinski definition) is 2. The van der Waals surface area contributed by atoms with E-state index in [2.05, 4.69) is 10.6 Å². The molecule has 2 rings (SSSR count). The average molecular weight is 380 g/mol. The second kappa shape index (κ2) is 8.31. The number of methoxy groups -OCH3 is 1. The molecule has 1 saturated heterocycles. The molecule has 1 aliphatic heterocycles. The number of likely N-dealkylation sites (tertiary alicyclic amines) is 1. The number of nitrogens with one attached hydrogen (secondary N) is 1. The number of carbonyl (C=O) groups excluding carboxylic acids is 1. The van der Waals surface area contributed by atoms with Gasteiger partial charge in [-0.3, -0.25) is 9.59 Å². The number of carbonyl (C=O) groups is 2. The Labute approximate surface area is 152 Å². The highest BCUT2D eigenvalue weighted by atomic mass is 32.2. The Kier molecular flexibility index (Phi) is 6.37. The lowest BCUT2D eigenvalue weighted by Gasteiger charge is -2.23. The zero-order chi connectivity index (χ0) is 19.3. The minimum Gasteiger partial charge on any atom is -0.481 e. The van der Waals surface area contributed by atoms with Crippen LogP contribution >= 0.6 is 0 Å². The summed E-state index contributed by atoms with van der Waals surface area (Å²) in [6.07, 6.45) is 5.01. The van der Waals surface area contributed by atoms with Crippen LogP contribution in [0.4, 0.5) is 0 Å². The summed E-state index contributed by atoms with van der Waals surface area (Å²) in [5.41, 5.74) is 0.153. The number of terminal acetylenes is 1. The topological polar surface area (TPSA) is 113 Å². The molecule has 1 aromatic rings. The SMILES string of the molecule is C#CCNS(=O)(=O)c1cccc(C(=O)N2CC(OC)CC2CC(=O)O)c1. The van der Waals surface area contributed by atoms with E-state index < -0.39 is 27.9 Å². The molecule has 0 aliphatic carbocycles. The molecule has 2 atom stereocenters. The van der Waals surface area contributed by atoms with Crippen molar-refractivity contribution in [3.05, 3.63) is 29.8 Å². The number of amides is 1. The van der Waals surface area contributed by atoms with E-state index in [9.17, 15) is 18.0 Å². The summed E-state index contributed by atoms with van der Waals surface area (Å²) in [4.78, 5) is 25.2. The van der Waals surface area contributed by atoms with Crippen LogP contribution in [0.15, 0.2) is 29.2 Å². The Hall–Kier alpha value is -2.41. The van der Waals surface area contributed by atoms with E-state index in [0.29, 0.717) is 6.42 Å². The third-order valence-electron chi connectivity index (χ3n) is 4.14. The fourth-order valence-electron chi connectivity index (χ4n) is 2.87. The Morgan fingerprint density at radius 1 is 1.46 bits per heavy atom. The lowest BCUT2D eigenvalue weighted by Crippen LogP contribution is -2.37. The normalized spacial score (nSPS) is 19.9. The highest BCUT2D eigenvalue weighted by molar-refractivity contribution is 7.89. The van der Waals surface area contributed by atoms with Crippen molar-refractivity contribution in [2.75, 3.05) is 20.2 Å². The first kappa shape index (κ1) is 19.9. The second-order valence-electron chi connectivity index (χ2n) is 5.86. The number of sulfonamides is 1. The molecule has 9 heteroatoms. The van der Waals surface area contributed by atoms with Gasteiger partial charge in [-0.2, -0.15) is 4.72 Å². The molecule has 2 unspecified atom stereocenters. The molecule has 0 spiro atoms. The monoisotopic (exact) mass is 380 g/mol. The first-order valence-corrected chi connectivity index (χ1v) is 9.35. The van der Waals surface area contributed by atoms with Gasteiger partial charge in [0.2, 0.25) is 10.0 Å². The molecule has 0 saturated carbocycles. The summed E-state index contributed by atoms with van der Waals surface area (Å²) in [6, 6.07) is 5.03. The molecule has 8 nitrogen and oxygen atoms in total. The number of aliphatic carboxylic acids is 1. The van der Waals surface area contributed by atoms with Crippen LogP contribution in [0.2, 0.25) is 0 Å². The molecule has 1 amide bonds. The van der Waals surface area contributed by atoms with Crippen LogP contribution in [0.3, 0.4) is 0 Å². The number of carboxylic acids is 1. The highest BCUT2D eigenvalue weighted by Gasteiger charge is 2.37. The van der Waals surface area contributed by atoms with Gasteiger partial charge in [0.15, 0.2) is 0 Å². The van der Waals surface area contributed by atoms with Gasteiger partial charge in [-0.15, -0.1) is 6.42 Å². The van der Waals surface area contributed by atoms with Crippen LogP contribution in [0.1, 0.15) is 23.2 Å². The lowest BCUT2D eigenvalue weighted by atomic mass is 10.1. The van der Waals surface area contributed by atoms with Crippen molar-refractivity contribution in [3.8, 4) is 12.3 Å². The minimum absolute atomic E-state index is 0.0872. The van der Waals surface area contributed by atoms with E-state index in [1.807, 2.05) is 0 Å². The zero-order valence-corrected chi connectivity index (χ0v) is 15.0. The first-order chi connectivity index (χ1) is 12.3.